The molecule has 1 unspecified atom stereocenters. The summed E-state index contributed by atoms with van der Waals surface area (Å²) in [5.74, 6) is 1.92. The number of carboxylic acids is 1. The number of ether oxygens (including phenoxy) is 1. The summed E-state index contributed by atoms with van der Waals surface area (Å²) in [7, 11) is 1.58. The number of hydrogen-bond donors (Lipinski definition) is 1. The molecule has 0 aliphatic rings. The largest absolute Gasteiger partial charge is 0.496 e. The van der Waals surface area contributed by atoms with Crippen molar-refractivity contribution in [2.75, 3.05) is 7.11 Å². The van der Waals surface area contributed by atoms with Gasteiger partial charge in [0, 0.05) is 6.42 Å². The molecule has 0 heterocycles. The molecule has 0 radical (unpaired) electrons. The second-order valence-electron chi connectivity index (χ2n) is 3.79. The predicted octanol–water partition coefficient (Wildman–Crippen LogP) is 2.35. The Bertz CT molecular complexity index is 418. The summed E-state index contributed by atoms with van der Waals surface area (Å²) >= 11 is 0. The van der Waals surface area contributed by atoms with Gasteiger partial charge >= 0.3 is 5.97 Å². The Morgan fingerprint density at radius 3 is 2.82 bits per heavy atom. The summed E-state index contributed by atoms with van der Waals surface area (Å²) in [6.45, 7) is 0. The van der Waals surface area contributed by atoms with Crippen LogP contribution in [0.3, 0.4) is 0 Å². The molecular formula is C14H16O3. The van der Waals surface area contributed by atoms with Crippen LogP contribution >= 0.6 is 0 Å². The lowest BCUT2D eigenvalue weighted by Gasteiger charge is -2.13. The second-order valence-corrected chi connectivity index (χ2v) is 3.79. The number of hydrogen-bond acceptors (Lipinski definition) is 2. The van der Waals surface area contributed by atoms with Gasteiger partial charge in [-0.05, 0) is 24.5 Å². The second kappa shape index (κ2) is 6.59. The smallest absolute Gasteiger partial charge is 0.306 e. The molecule has 3 nitrogen and oxygen atoms in total. The molecule has 3 heteroatoms. The molecule has 1 aromatic rings. The van der Waals surface area contributed by atoms with Crippen LogP contribution in [0.5, 0.6) is 5.75 Å². The molecule has 0 amide bonds. The van der Waals surface area contributed by atoms with Gasteiger partial charge < -0.3 is 9.84 Å². The molecule has 1 aromatic carbocycles. The van der Waals surface area contributed by atoms with Crippen molar-refractivity contribution < 1.29 is 14.6 Å². The van der Waals surface area contributed by atoms with E-state index < -0.39 is 11.9 Å². The number of aliphatic carboxylic acids is 1. The van der Waals surface area contributed by atoms with Crippen LogP contribution in [-0.2, 0) is 11.2 Å². The molecule has 0 aliphatic heterocycles. The van der Waals surface area contributed by atoms with Crippen LogP contribution < -0.4 is 4.74 Å². The molecule has 17 heavy (non-hydrogen) atoms. The minimum absolute atomic E-state index is 0.445. The maximum atomic E-state index is 11.1. The molecule has 0 bridgehead atoms. The van der Waals surface area contributed by atoms with Crippen LogP contribution in [0.1, 0.15) is 18.4 Å². The van der Waals surface area contributed by atoms with E-state index in [4.69, 9.17) is 16.3 Å². The van der Waals surface area contributed by atoms with Crippen molar-refractivity contribution in [2.45, 2.75) is 19.3 Å². The van der Waals surface area contributed by atoms with Crippen molar-refractivity contribution in [1.82, 2.24) is 0 Å². The van der Waals surface area contributed by atoms with E-state index in [1.807, 2.05) is 24.3 Å². The maximum Gasteiger partial charge on any atom is 0.306 e. The lowest BCUT2D eigenvalue weighted by Crippen LogP contribution is -2.16. The Morgan fingerprint density at radius 1 is 1.53 bits per heavy atom. The Kier molecular flexibility index (Phi) is 5.09. The van der Waals surface area contributed by atoms with Gasteiger partial charge in [-0.15, -0.1) is 12.3 Å². The summed E-state index contributed by atoms with van der Waals surface area (Å²) in [6, 6.07) is 7.44. The zero-order valence-electron chi connectivity index (χ0n) is 9.85. The number of benzene rings is 1. The van der Waals surface area contributed by atoms with Crippen LogP contribution in [0.2, 0.25) is 0 Å². The molecule has 1 N–H and O–H groups in total. The van der Waals surface area contributed by atoms with Crippen molar-refractivity contribution >= 4 is 5.97 Å². The van der Waals surface area contributed by atoms with Crippen LogP contribution in [-0.4, -0.2) is 18.2 Å². The molecule has 1 rings (SSSR count). The average Bonchev–Trinajstić information content (AvgIpc) is 2.34. The first-order valence-electron chi connectivity index (χ1n) is 5.47. The van der Waals surface area contributed by atoms with E-state index in [9.17, 15) is 4.79 Å². The highest BCUT2D eigenvalue weighted by molar-refractivity contribution is 5.70. The first-order valence-corrected chi connectivity index (χ1v) is 5.47. The lowest BCUT2D eigenvalue weighted by molar-refractivity contribution is -0.141. The zero-order valence-corrected chi connectivity index (χ0v) is 9.85. The number of terminal acetylenes is 1. The van der Waals surface area contributed by atoms with E-state index in [0.717, 1.165) is 11.3 Å². The highest BCUT2D eigenvalue weighted by Crippen LogP contribution is 2.23. The molecule has 0 saturated heterocycles. The number of carbonyl (C=O) groups is 1. The third kappa shape index (κ3) is 3.84. The quantitative estimate of drug-likeness (QED) is 0.766. The van der Waals surface area contributed by atoms with Gasteiger partial charge in [-0.2, -0.15) is 0 Å². The van der Waals surface area contributed by atoms with Crippen molar-refractivity contribution in [2.24, 2.45) is 5.92 Å². The molecule has 0 fully saturated rings. The monoisotopic (exact) mass is 232 g/mol. The minimum atomic E-state index is -0.814. The molecular weight excluding hydrogens is 216 g/mol. The highest BCUT2D eigenvalue weighted by Gasteiger charge is 2.18. The third-order valence-corrected chi connectivity index (χ3v) is 2.65. The van der Waals surface area contributed by atoms with Crippen molar-refractivity contribution in [1.29, 1.82) is 0 Å². The van der Waals surface area contributed by atoms with Crippen LogP contribution in [0, 0.1) is 18.3 Å². The number of carboxylic acid groups (broad SMARTS) is 1. The van der Waals surface area contributed by atoms with Crippen molar-refractivity contribution in [3.05, 3.63) is 29.8 Å². The summed E-state index contributed by atoms with van der Waals surface area (Å²) in [6.07, 6.45) is 6.57. The molecule has 0 spiro atoms. The van der Waals surface area contributed by atoms with E-state index in [0.29, 0.717) is 19.3 Å². The van der Waals surface area contributed by atoms with Gasteiger partial charge in [0.25, 0.3) is 0 Å². The molecule has 0 saturated carbocycles. The fourth-order valence-electron chi connectivity index (χ4n) is 1.71. The highest BCUT2D eigenvalue weighted by atomic mass is 16.5. The maximum absolute atomic E-state index is 11.1. The zero-order chi connectivity index (χ0) is 12.7. The Balaban J connectivity index is 2.79. The molecule has 0 aliphatic carbocycles. The van der Waals surface area contributed by atoms with E-state index >= 15 is 0 Å². The van der Waals surface area contributed by atoms with Crippen LogP contribution in [0.15, 0.2) is 24.3 Å². The van der Waals surface area contributed by atoms with Gasteiger partial charge in [0.15, 0.2) is 0 Å². The van der Waals surface area contributed by atoms with Crippen molar-refractivity contribution in [3.63, 3.8) is 0 Å². The van der Waals surface area contributed by atoms with Gasteiger partial charge in [0.1, 0.15) is 5.75 Å². The summed E-state index contributed by atoms with van der Waals surface area (Å²) < 4.78 is 5.20. The van der Waals surface area contributed by atoms with Gasteiger partial charge in [-0.3, -0.25) is 4.79 Å². The molecule has 0 aromatic heterocycles. The fourth-order valence-corrected chi connectivity index (χ4v) is 1.71. The van der Waals surface area contributed by atoms with Gasteiger partial charge in [-0.25, -0.2) is 0 Å². The summed E-state index contributed by atoms with van der Waals surface area (Å²) in [5.41, 5.74) is 0.902. The van der Waals surface area contributed by atoms with E-state index in [1.54, 1.807) is 7.11 Å². The fraction of sp³-hybridized carbons (Fsp3) is 0.357. The van der Waals surface area contributed by atoms with Crippen LogP contribution in [0.25, 0.3) is 0 Å². The van der Waals surface area contributed by atoms with E-state index in [1.165, 1.54) is 0 Å². The number of para-hydroxylation sites is 1. The van der Waals surface area contributed by atoms with Crippen molar-refractivity contribution in [3.8, 4) is 18.1 Å². The average molecular weight is 232 g/mol. The summed E-state index contributed by atoms with van der Waals surface area (Å²) in [4.78, 5) is 11.1. The van der Waals surface area contributed by atoms with Crippen LogP contribution in [0.4, 0.5) is 0 Å². The Morgan fingerprint density at radius 2 is 2.24 bits per heavy atom. The normalized spacial score (nSPS) is 11.5. The number of rotatable bonds is 6. The Hall–Kier alpha value is -1.95. The lowest BCUT2D eigenvalue weighted by atomic mass is 9.94. The summed E-state index contributed by atoms with van der Waals surface area (Å²) in [5, 5.41) is 9.12. The minimum Gasteiger partial charge on any atom is -0.496 e. The first-order chi connectivity index (χ1) is 8.19. The molecule has 1 atom stereocenters. The topological polar surface area (TPSA) is 46.5 Å². The first kappa shape index (κ1) is 13.1. The predicted molar refractivity (Wildman–Crippen MR) is 65.9 cm³/mol. The molecule has 90 valence electrons. The number of methoxy groups -OCH3 is 1. The standard InChI is InChI=1S/C14H16O3/c1-3-4-7-12(14(15)16)10-11-8-5-6-9-13(11)17-2/h1,5-6,8-9,12H,4,7,10H2,2H3,(H,15,16). The Labute approximate surface area is 101 Å². The van der Waals surface area contributed by atoms with E-state index in [2.05, 4.69) is 5.92 Å². The van der Waals surface area contributed by atoms with Gasteiger partial charge in [-0.1, -0.05) is 18.2 Å². The SMILES string of the molecule is C#CCCC(Cc1ccccc1OC)C(=O)O. The third-order valence-electron chi connectivity index (χ3n) is 2.65. The van der Waals surface area contributed by atoms with Gasteiger partial charge in [0.2, 0.25) is 0 Å². The van der Waals surface area contributed by atoms with E-state index in [-0.39, 0.29) is 0 Å². The van der Waals surface area contributed by atoms with Gasteiger partial charge in [0.05, 0.1) is 13.0 Å².